The van der Waals surface area contributed by atoms with Gasteiger partial charge in [0.05, 0.1) is 0 Å². The van der Waals surface area contributed by atoms with E-state index in [1.807, 2.05) is 0 Å². The van der Waals surface area contributed by atoms with Crippen LogP contribution in [0.3, 0.4) is 0 Å². The summed E-state index contributed by atoms with van der Waals surface area (Å²) in [5.74, 6) is -1.88. The van der Waals surface area contributed by atoms with Crippen molar-refractivity contribution in [1.29, 1.82) is 0 Å². The summed E-state index contributed by atoms with van der Waals surface area (Å²) < 4.78 is 52.3. The second-order valence-electron chi connectivity index (χ2n) is 4.09. The van der Waals surface area contributed by atoms with Gasteiger partial charge in [0.1, 0.15) is 16.5 Å². The lowest BCUT2D eigenvalue weighted by Crippen LogP contribution is -2.38. The van der Waals surface area contributed by atoms with Crippen molar-refractivity contribution in [3.63, 3.8) is 0 Å². The first-order valence-corrected chi connectivity index (χ1v) is 7.54. The Bertz CT molecular complexity index is 543. The van der Waals surface area contributed by atoms with Gasteiger partial charge in [0.25, 0.3) is 0 Å². The third-order valence-electron chi connectivity index (χ3n) is 2.64. The fraction of sp³-hybridized carbons (Fsp3) is 0.400. The molecule has 1 aliphatic rings. The molecule has 0 aliphatic heterocycles. The van der Waals surface area contributed by atoms with Crippen molar-refractivity contribution < 1.29 is 17.2 Å². The second-order valence-corrected chi connectivity index (χ2v) is 6.31. The highest BCUT2D eigenvalue weighted by atomic mass is 79.9. The van der Waals surface area contributed by atoms with Gasteiger partial charge in [-0.05, 0) is 25.0 Å². The molecular formula is C10H10BrF2NO2S. The van der Waals surface area contributed by atoms with Crippen molar-refractivity contribution in [3.8, 4) is 0 Å². The molecule has 1 aliphatic carbocycles. The lowest BCUT2D eigenvalue weighted by atomic mass is 10.3. The first-order chi connectivity index (χ1) is 7.88. The quantitative estimate of drug-likeness (QED) is 0.862. The van der Waals surface area contributed by atoms with Crippen molar-refractivity contribution in [3.05, 3.63) is 29.8 Å². The van der Waals surface area contributed by atoms with E-state index in [9.17, 15) is 17.2 Å². The molecule has 7 heteroatoms. The van der Waals surface area contributed by atoms with Gasteiger partial charge in [0.2, 0.25) is 10.0 Å². The number of nitrogens with one attached hydrogen (secondary N) is 1. The van der Waals surface area contributed by atoms with Crippen LogP contribution < -0.4 is 4.72 Å². The van der Waals surface area contributed by atoms with Gasteiger partial charge < -0.3 is 0 Å². The number of sulfonamides is 1. The number of hydrogen-bond donors (Lipinski definition) is 1. The zero-order valence-electron chi connectivity index (χ0n) is 8.71. The SMILES string of the molecule is O=S(=O)(NC1(CBr)CC1)c1ccc(F)cc1F. The van der Waals surface area contributed by atoms with E-state index in [0.717, 1.165) is 12.1 Å². The van der Waals surface area contributed by atoms with Gasteiger partial charge in [0.15, 0.2) is 0 Å². The first kappa shape index (κ1) is 12.9. The topological polar surface area (TPSA) is 46.2 Å². The third-order valence-corrected chi connectivity index (χ3v) is 5.33. The largest absolute Gasteiger partial charge is 0.244 e. The third kappa shape index (κ3) is 2.66. The maximum absolute atomic E-state index is 13.4. The molecule has 0 aromatic heterocycles. The van der Waals surface area contributed by atoms with Crippen molar-refractivity contribution in [1.82, 2.24) is 4.72 Å². The molecule has 1 aromatic rings. The minimum absolute atomic E-state index is 0.474. The maximum atomic E-state index is 13.4. The molecule has 1 fully saturated rings. The van der Waals surface area contributed by atoms with E-state index in [2.05, 4.69) is 20.7 Å². The zero-order valence-corrected chi connectivity index (χ0v) is 11.1. The van der Waals surface area contributed by atoms with Crippen LogP contribution in [-0.4, -0.2) is 19.3 Å². The molecule has 1 N–H and O–H groups in total. The Kier molecular flexibility index (Phi) is 3.26. The Hall–Kier alpha value is -0.530. The van der Waals surface area contributed by atoms with Gasteiger partial charge >= 0.3 is 0 Å². The van der Waals surface area contributed by atoms with Crippen LogP contribution in [0.1, 0.15) is 12.8 Å². The lowest BCUT2D eigenvalue weighted by molar-refractivity contribution is 0.534. The second kappa shape index (κ2) is 4.29. The lowest BCUT2D eigenvalue weighted by Gasteiger charge is -2.14. The smallest absolute Gasteiger partial charge is 0.207 e. The summed E-state index contributed by atoms with van der Waals surface area (Å²) in [7, 11) is -3.94. The average molecular weight is 326 g/mol. The fourth-order valence-corrected chi connectivity index (χ4v) is 3.85. The molecule has 0 amide bonds. The Morgan fingerprint density at radius 1 is 1.35 bits per heavy atom. The van der Waals surface area contributed by atoms with Crippen LogP contribution in [0.25, 0.3) is 0 Å². The highest BCUT2D eigenvalue weighted by Crippen LogP contribution is 2.38. The summed E-state index contributed by atoms with van der Waals surface area (Å²) in [4.78, 5) is -0.522. The predicted octanol–water partition coefficient (Wildman–Crippen LogP) is 2.17. The number of alkyl halides is 1. The molecule has 0 saturated heterocycles. The summed E-state index contributed by atoms with van der Waals surface area (Å²) in [6.07, 6.45) is 1.42. The van der Waals surface area contributed by atoms with Crippen molar-refractivity contribution in [2.45, 2.75) is 23.3 Å². The molecule has 0 radical (unpaired) electrons. The number of rotatable bonds is 4. The van der Waals surface area contributed by atoms with Gasteiger partial charge in [-0.15, -0.1) is 0 Å². The van der Waals surface area contributed by atoms with Gasteiger partial charge in [-0.25, -0.2) is 21.9 Å². The molecule has 94 valence electrons. The Morgan fingerprint density at radius 3 is 2.47 bits per heavy atom. The van der Waals surface area contributed by atoms with Crippen LogP contribution in [0, 0.1) is 11.6 Å². The van der Waals surface area contributed by atoms with Crippen LogP contribution >= 0.6 is 15.9 Å². The highest BCUT2D eigenvalue weighted by molar-refractivity contribution is 9.09. The van der Waals surface area contributed by atoms with Gasteiger partial charge in [-0.2, -0.15) is 0 Å². The number of benzene rings is 1. The van der Waals surface area contributed by atoms with Crippen LogP contribution in [-0.2, 0) is 10.0 Å². The minimum atomic E-state index is -3.94. The highest BCUT2D eigenvalue weighted by Gasteiger charge is 2.45. The van der Waals surface area contributed by atoms with Gasteiger partial charge in [0, 0.05) is 16.9 Å². The van der Waals surface area contributed by atoms with E-state index in [-0.39, 0.29) is 0 Å². The Balaban J connectivity index is 2.32. The maximum Gasteiger partial charge on any atom is 0.244 e. The monoisotopic (exact) mass is 325 g/mol. The molecule has 17 heavy (non-hydrogen) atoms. The Morgan fingerprint density at radius 2 is 2.00 bits per heavy atom. The molecular weight excluding hydrogens is 316 g/mol. The standard InChI is InChI=1S/C10H10BrF2NO2S/c11-6-10(3-4-10)14-17(15,16)9-2-1-7(12)5-8(9)13/h1-2,5,14H,3-4,6H2. The van der Waals surface area contributed by atoms with E-state index in [4.69, 9.17) is 0 Å². The molecule has 1 saturated carbocycles. The van der Waals surface area contributed by atoms with E-state index in [1.165, 1.54) is 0 Å². The molecule has 0 unspecified atom stereocenters. The van der Waals surface area contributed by atoms with Gasteiger partial charge in [-0.3, -0.25) is 0 Å². The summed E-state index contributed by atoms with van der Waals surface area (Å²) in [5, 5.41) is 0.474. The molecule has 0 spiro atoms. The van der Waals surface area contributed by atoms with Crippen LogP contribution in [0.2, 0.25) is 0 Å². The predicted molar refractivity (Wildman–Crippen MR) is 62.4 cm³/mol. The fourth-order valence-electron chi connectivity index (χ4n) is 1.45. The van der Waals surface area contributed by atoms with Gasteiger partial charge in [-0.1, -0.05) is 15.9 Å². The molecule has 0 bridgehead atoms. The summed E-state index contributed by atoms with van der Waals surface area (Å²) in [6.45, 7) is 0. The average Bonchev–Trinajstić information content (AvgIpc) is 2.97. The molecule has 0 atom stereocenters. The van der Waals surface area contributed by atoms with Crippen LogP contribution in [0.15, 0.2) is 23.1 Å². The van der Waals surface area contributed by atoms with E-state index in [1.54, 1.807) is 0 Å². The Labute approximate surface area is 106 Å². The number of halogens is 3. The van der Waals surface area contributed by atoms with E-state index < -0.39 is 32.1 Å². The van der Waals surface area contributed by atoms with E-state index >= 15 is 0 Å². The first-order valence-electron chi connectivity index (χ1n) is 4.94. The van der Waals surface area contributed by atoms with Crippen LogP contribution in [0.5, 0.6) is 0 Å². The summed E-state index contributed by atoms with van der Waals surface area (Å²) >= 11 is 3.21. The van der Waals surface area contributed by atoms with Crippen molar-refractivity contribution in [2.75, 3.05) is 5.33 Å². The molecule has 2 rings (SSSR count). The van der Waals surface area contributed by atoms with Crippen molar-refractivity contribution in [2.24, 2.45) is 0 Å². The summed E-state index contributed by atoms with van der Waals surface area (Å²) in [5.41, 5.74) is -0.514. The number of hydrogen-bond acceptors (Lipinski definition) is 2. The van der Waals surface area contributed by atoms with E-state index in [0.29, 0.717) is 24.2 Å². The zero-order chi connectivity index (χ0) is 12.7. The molecule has 3 nitrogen and oxygen atoms in total. The van der Waals surface area contributed by atoms with Crippen molar-refractivity contribution >= 4 is 26.0 Å². The molecule has 1 aromatic carbocycles. The summed E-state index contributed by atoms with van der Waals surface area (Å²) in [6, 6.07) is 2.41. The van der Waals surface area contributed by atoms with Crippen LogP contribution in [0.4, 0.5) is 8.78 Å². The normalized spacial score (nSPS) is 18.1. The minimum Gasteiger partial charge on any atom is -0.207 e. The molecule has 0 heterocycles.